The minimum Gasteiger partial charge on any atom is -0.455 e. The van der Waals surface area contributed by atoms with Crippen LogP contribution in [0.2, 0.25) is 0 Å². The third-order valence-corrected chi connectivity index (χ3v) is 10.2. The van der Waals surface area contributed by atoms with Gasteiger partial charge in [-0.15, -0.1) is 0 Å². The van der Waals surface area contributed by atoms with E-state index in [9.17, 15) is 5.26 Å². The molecule has 0 saturated carbocycles. The fraction of sp³-hybridized carbons (Fsp3) is 0.0213. The van der Waals surface area contributed by atoms with Crippen LogP contribution in [0.15, 0.2) is 174 Å². The smallest absolute Gasteiger partial charge is 0.164 e. The zero-order valence-corrected chi connectivity index (χ0v) is 27.9. The van der Waals surface area contributed by atoms with Crippen LogP contribution in [0.3, 0.4) is 0 Å². The number of benzene rings is 7. The lowest BCUT2D eigenvalue weighted by molar-refractivity contribution is 0.669. The standard InChI is InChI=1S/C47H28N4O/c48-29-30-21-23-37-40(27-30)47(34-17-9-3-10-18-34,35-19-11-4-12-20-35)39-25-24-36-38-28-33(22-26-41(38)52-43(36)42(37)39)46-50-44(31-13-5-1-6-14-31)49-45(51-46)32-15-7-2-8-16-32/h1-28H. The van der Waals surface area contributed by atoms with Gasteiger partial charge in [0.15, 0.2) is 17.5 Å². The van der Waals surface area contributed by atoms with E-state index in [2.05, 4.69) is 84.9 Å². The number of nitriles is 1. The molecule has 52 heavy (non-hydrogen) atoms. The van der Waals surface area contributed by atoms with E-state index in [0.29, 0.717) is 23.0 Å². The zero-order valence-electron chi connectivity index (χ0n) is 27.9. The first-order valence-corrected chi connectivity index (χ1v) is 17.3. The van der Waals surface area contributed by atoms with Crippen molar-refractivity contribution < 1.29 is 4.42 Å². The van der Waals surface area contributed by atoms with Crippen molar-refractivity contribution in [3.05, 3.63) is 198 Å². The van der Waals surface area contributed by atoms with Crippen molar-refractivity contribution in [1.29, 1.82) is 5.26 Å². The van der Waals surface area contributed by atoms with Crippen molar-refractivity contribution in [2.45, 2.75) is 5.41 Å². The number of rotatable bonds is 5. The molecule has 0 saturated heterocycles. The van der Waals surface area contributed by atoms with Gasteiger partial charge in [-0.1, -0.05) is 140 Å². The van der Waals surface area contributed by atoms with Crippen molar-refractivity contribution in [1.82, 2.24) is 15.0 Å². The largest absolute Gasteiger partial charge is 0.455 e. The molecule has 9 aromatic rings. The van der Waals surface area contributed by atoms with E-state index in [1.54, 1.807) is 0 Å². The molecule has 0 radical (unpaired) electrons. The number of furan rings is 1. The Balaban J connectivity index is 1.22. The lowest BCUT2D eigenvalue weighted by Crippen LogP contribution is -2.28. The maximum absolute atomic E-state index is 10.1. The first-order chi connectivity index (χ1) is 25.7. The number of fused-ring (bicyclic) bond motifs is 7. The maximum atomic E-state index is 10.1. The van der Waals surface area contributed by atoms with Crippen LogP contribution in [0.5, 0.6) is 0 Å². The molecule has 2 heterocycles. The lowest BCUT2D eigenvalue weighted by Gasteiger charge is -2.33. The Labute approximate surface area is 300 Å². The molecule has 0 unspecified atom stereocenters. The van der Waals surface area contributed by atoms with E-state index in [4.69, 9.17) is 19.4 Å². The zero-order chi connectivity index (χ0) is 34.6. The maximum Gasteiger partial charge on any atom is 0.164 e. The van der Waals surface area contributed by atoms with Crippen LogP contribution in [0.1, 0.15) is 27.8 Å². The van der Waals surface area contributed by atoms with Crippen LogP contribution in [0, 0.1) is 11.3 Å². The molecule has 10 rings (SSSR count). The van der Waals surface area contributed by atoms with Gasteiger partial charge in [-0.3, -0.25) is 0 Å². The van der Waals surface area contributed by atoms with Gasteiger partial charge >= 0.3 is 0 Å². The minimum atomic E-state index is -0.648. The summed E-state index contributed by atoms with van der Waals surface area (Å²) in [6.07, 6.45) is 0. The van der Waals surface area contributed by atoms with E-state index < -0.39 is 5.41 Å². The Morgan fingerprint density at radius 2 is 1.04 bits per heavy atom. The average molecular weight is 665 g/mol. The van der Waals surface area contributed by atoms with Crippen LogP contribution < -0.4 is 0 Å². The number of hydrogen-bond acceptors (Lipinski definition) is 5. The van der Waals surface area contributed by atoms with Crippen LogP contribution in [0.25, 0.3) is 67.2 Å². The van der Waals surface area contributed by atoms with Gasteiger partial charge in [0, 0.05) is 33.0 Å². The topological polar surface area (TPSA) is 75.6 Å². The molecule has 0 atom stereocenters. The van der Waals surface area contributed by atoms with Crippen LogP contribution in [-0.4, -0.2) is 15.0 Å². The van der Waals surface area contributed by atoms with E-state index in [0.717, 1.165) is 72.0 Å². The summed E-state index contributed by atoms with van der Waals surface area (Å²) >= 11 is 0. The normalized spacial score (nSPS) is 12.8. The Morgan fingerprint density at radius 3 is 1.62 bits per heavy atom. The number of hydrogen-bond donors (Lipinski definition) is 0. The van der Waals surface area contributed by atoms with Gasteiger partial charge in [-0.25, -0.2) is 15.0 Å². The molecule has 0 bridgehead atoms. The highest BCUT2D eigenvalue weighted by Gasteiger charge is 2.47. The first kappa shape index (κ1) is 29.7. The molecule has 0 amide bonds. The van der Waals surface area contributed by atoms with Crippen molar-refractivity contribution >= 4 is 21.9 Å². The van der Waals surface area contributed by atoms with Crippen LogP contribution in [-0.2, 0) is 5.41 Å². The molecule has 7 aromatic carbocycles. The van der Waals surface area contributed by atoms with E-state index in [-0.39, 0.29) is 0 Å². The molecule has 2 aromatic heterocycles. The molecule has 0 aliphatic heterocycles. The fourth-order valence-electron chi connectivity index (χ4n) is 7.95. The summed E-state index contributed by atoms with van der Waals surface area (Å²) in [7, 11) is 0. The quantitative estimate of drug-likeness (QED) is 0.183. The molecule has 5 heteroatoms. The lowest BCUT2D eigenvalue weighted by atomic mass is 9.67. The molecule has 1 aliphatic carbocycles. The summed E-state index contributed by atoms with van der Waals surface area (Å²) < 4.78 is 6.83. The van der Waals surface area contributed by atoms with Crippen molar-refractivity contribution in [3.63, 3.8) is 0 Å². The summed E-state index contributed by atoms with van der Waals surface area (Å²) in [4.78, 5) is 14.8. The SMILES string of the molecule is N#Cc1ccc2c(c1)C(c1ccccc1)(c1ccccc1)c1ccc3c(oc4ccc(-c5nc(-c6ccccc6)nc(-c6ccccc6)n5)cc43)c1-2. The van der Waals surface area contributed by atoms with E-state index >= 15 is 0 Å². The highest BCUT2D eigenvalue weighted by molar-refractivity contribution is 6.13. The minimum absolute atomic E-state index is 0.590. The second kappa shape index (κ2) is 11.7. The van der Waals surface area contributed by atoms with E-state index in [1.165, 1.54) is 0 Å². The molecule has 5 nitrogen and oxygen atoms in total. The number of nitrogens with zero attached hydrogens (tertiary/aromatic N) is 4. The van der Waals surface area contributed by atoms with Crippen molar-refractivity contribution in [2.24, 2.45) is 0 Å². The van der Waals surface area contributed by atoms with Gasteiger partial charge in [0.2, 0.25) is 0 Å². The molecule has 1 aliphatic rings. The molecular formula is C47H28N4O. The summed E-state index contributed by atoms with van der Waals surface area (Å²) in [5.74, 6) is 1.82. The van der Waals surface area contributed by atoms with Crippen LogP contribution in [0.4, 0.5) is 0 Å². The van der Waals surface area contributed by atoms with Gasteiger partial charge in [-0.2, -0.15) is 5.26 Å². The van der Waals surface area contributed by atoms with Crippen molar-refractivity contribution in [2.75, 3.05) is 0 Å². The predicted molar refractivity (Wildman–Crippen MR) is 205 cm³/mol. The molecule has 0 N–H and O–H groups in total. The average Bonchev–Trinajstić information content (AvgIpc) is 3.75. The Kier molecular flexibility index (Phi) is 6.70. The Bertz CT molecular complexity index is 2740. The van der Waals surface area contributed by atoms with Gasteiger partial charge in [0.05, 0.1) is 17.0 Å². The third-order valence-electron chi connectivity index (χ3n) is 10.2. The van der Waals surface area contributed by atoms with Crippen LogP contribution >= 0.6 is 0 Å². The number of aromatic nitrogens is 3. The van der Waals surface area contributed by atoms with Gasteiger partial charge in [0.25, 0.3) is 0 Å². The predicted octanol–water partition coefficient (Wildman–Crippen LogP) is 11.0. The molecular weight excluding hydrogens is 637 g/mol. The molecule has 0 fully saturated rings. The van der Waals surface area contributed by atoms with E-state index in [1.807, 2.05) is 91.0 Å². The highest BCUT2D eigenvalue weighted by Crippen LogP contribution is 2.58. The molecule has 242 valence electrons. The summed E-state index contributed by atoms with van der Waals surface area (Å²) in [5, 5.41) is 12.0. The highest BCUT2D eigenvalue weighted by atomic mass is 16.3. The Hall–Kier alpha value is -7.16. The third kappa shape index (κ3) is 4.45. The van der Waals surface area contributed by atoms with Gasteiger partial charge < -0.3 is 4.42 Å². The summed E-state index contributed by atoms with van der Waals surface area (Å²) in [6, 6.07) is 60.2. The molecule has 0 spiro atoms. The fourth-order valence-corrected chi connectivity index (χ4v) is 7.95. The second-order valence-corrected chi connectivity index (χ2v) is 13.1. The summed E-state index contributed by atoms with van der Waals surface area (Å²) in [6.45, 7) is 0. The van der Waals surface area contributed by atoms with Gasteiger partial charge in [0.1, 0.15) is 11.2 Å². The summed E-state index contributed by atoms with van der Waals surface area (Å²) in [5.41, 5.74) is 10.8. The van der Waals surface area contributed by atoms with Gasteiger partial charge in [-0.05, 0) is 58.1 Å². The second-order valence-electron chi connectivity index (χ2n) is 13.1. The Morgan fingerprint density at radius 1 is 0.481 bits per heavy atom. The monoisotopic (exact) mass is 664 g/mol. The van der Waals surface area contributed by atoms with Crippen molar-refractivity contribution in [3.8, 4) is 51.4 Å². The first-order valence-electron chi connectivity index (χ1n) is 17.3.